The van der Waals surface area contributed by atoms with E-state index in [2.05, 4.69) is 5.32 Å². The third-order valence-electron chi connectivity index (χ3n) is 3.64. The van der Waals surface area contributed by atoms with Crippen molar-refractivity contribution in [3.05, 3.63) is 59.5 Å². The summed E-state index contributed by atoms with van der Waals surface area (Å²) in [6, 6.07) is 16.4. The summed E-state index contributed by atoms with van der Waals surface area (Å²) in [6.45, 7) is 1.55. The van der Waals surface area contributed by atoms with Crippen molar-refractivity contribution in [3.8, 4) is 5.75 Å². The maximum absolute atomic E-state index is 12.3. The third kappa shape index (κ3) is 3.97. The Labute approximate surface area is 149 Å². The van der Waals surface area contributed by atoms with Crippen molar-refractivity contribution in [2.24, 2.45) is 0 Å². The third-order valence-corrected chi connectivity index (χ3v) is 4.73. The number of methoxy groups -OCH3 is 1. The zero-order valence-corrected chi connectivity index (χ0v) is 14.6. The summed E-state index contributed by atoms with van der Waals surface area (Å²) in [5, 5.41) is 3.69. The lowest BCUT2D eigenvalue weighted by atomic mass is 10.2. The van der Waals surface area contributed by atoms with Gasteiger partial charge in [0.1, 0.15) is 10.6 Å². The smallest absolute Gasteiger partial charge is 0.349 e. The Morgan fingerprint density at radius 1 is 1.08 bits per heavy atom. The lowest BCUT2D eigenvalue weighted by molar-refractivity contribution is -0.123. The molecule has 2 aromatic carbocycles. The van der Waals surface area contributed by atoms with Crippen molar-refractivity contribution in [1.82, 2.24) is 0 Å². The fraction of sp³-hybridized carbons (Fsp3) is 0.158. The quantitative estimate of drug-likeness (QED) is 0.700. The maximum atomic E-state index is 12.3. The average Bonchev–Trinajstić information content (AvgIpc) is 3.06. The lowest BCUT2D eigenvalue weighted by Gasteiger charge is -2.13. The number of carbonyl (C=O) groups excluding carboxylic acids is 2. The molecule has 1 amide bonds. The summed E-state index contributed by atoms with van der Waals surface area (Å²) in [4.78, 5) is 24.9. The molecule has 0 spiro atoms. The molecule has 0 aliphatic carbocycles. The molecule has 0 unspecified atom stereocenters. The highest BCUT2D eigenvalue weighted by Crippen LogP contribution is 2.26. The van der Waals surface area contributed by atoms with E-state index >= 15 is 0 Å². The van der Waals surface area contributed by atoms with Crippen LogP contribution in [0, 0.1) is 0 Å². The Bertz CT molecular complexity index is 868. The number of ether oxygens (including phenoxy) is 2. The first-order valence-electron chi connectivity index (χ1n) is 7.71. The van der Waals surface area contributed by atoms with Crippen molar-refractivity contribution in [2.75, 3.05) is 12.4 Å². The first-order chi connectivity index (χ1) is 12.1. The number of esters is 1. The monoisotopic (exact) mass is 355 g/mol. The molecule has 25 heavy (non-hydrogen) atoms. The summed E-state index contributed by atoms with van der Waals surface area (Å²) in [5.74, 6) is -0.194. The number of rotatable bonds is 5. The molecule has 1 atom stereocenters. The van der Waals surface area contributed by atoms with Crippen LogP contribution >= 0.6 is 11.3 Å². The fourth-order valence-electron chi connectivity index (χ4n) is 2.27. The number of carbonyl (C=O) groups is 2. The molecule has 6 heteroatoms. The van der Waals surface area contributed by atoms with Crippen molar-refractivity contribution >= 4 is 39.0 Å². The van der Waals surface area contributed by atoms with E-state index in [4.69, 9.17) is 9.47 Å². The van der Waals surface area contributed by atoms with Crippen LogP contribution in [0.5, 0.6) is 5.75 Å². The number of hydrogen-bond acceptors (Lipinski definition) is 5. The van der Waals surface area contributed by atoms with Crippen LogP contribution in [0.2, 0.25) is 0 Å². The molecule has 0 aliphatic heterocycles. The van der Waals surface area contributed by atoms with Crippen molar-refractivity contribution < 1.29 is 19.1 Å². The van der Waals surface area contributed by atoms with E-state index in [1.807, 2.05) is 24.3 Å². The minimum Gasteiger partial charge on any atom is -0.497 e. The molecular weight excluding hydrogens is 338 g/mol. The van der Waals surface area contributed by atoms with E-state index < -0.39 is 12.1 Å². The zero-order valence-electron chi connectivity index (χ0n) is 13.8. The van der Waals surface area contributed by atoms with Gasteiger partial charge in [0.05, 0.1) is 7.11 Å². The molecule has 0 saturated carbocycles. The average molecular weight is 355 g/mol. The molecule has 0 bridgehead atoms. The molecule has 0 radical (unpaired) electrons. The number of hydrogen-bond donors (Lipinski definition) is 1. The normalized spacial score (nSPS) is 11.8. The second kappa shape index (κ2) is 7.36. The van der Waals surface area contributed by atoms with Gasteiger partial charge in [-0.3, -0.25) is 4.79 Å². The van der Waals surface area contributed by atoms with Gasteiger partial charge < -0.3 is 14.8 Å². The van der Waals surface area contributed by atoms with Gasteiger partial charge in [-0.05, 0) is 48.7 Å². The molecular formula is C19H17NO4S. The number of amides is 1. The standard InChI is InChI=1S/C19H17NO4S/c1-12(18(21)20-14-7-9-15(23-2)10-8-14)24-19(22)17-11-13-5-3-4-6-16(13)25-17/h3-12H,1-2H3,(H,20,21)/t12-/m0/s1. The summed E-state index contributed by atoms with van der Waals surface area (Å²) in [5.41, 5.74) is 0.607. The van der Waals surface area contributed by atoms with E-state index in [-0.39, 0.29) is 5.91 Å². The first-order valence-corrected chi connectivity index (χ1v) is 8.53. The van der Waals surface area contributed by atoms with Crippen LogP contribution in [-0.4, -0.2) is 25.1 Å². The molecule has 3 aromatic rings. The lowest BCUT2D eigenvalue weighted by Crippen LogP contribution is -2.29. The van der Waals surface area contributed by atoms with Gasteiger partial charge in [0.25, 0.3) is 5.91 Å². The number of benzene rings is 2. The predicted octanol–water partition coefficient (Wildman–Crippen LogP) is 4.09. The highest BCUT2D eigenvalue weighted by Gasteiger charge is 2.20. The molecule has 3 rings (SSSR count). The SMILES string of the molecule is COc1ccc(NC(=O)[C@H](C)OC(=O)c2cc3ccccc3s2)cc1. The Kier molecular flexibility index (Phi) is 5.00. The zero-order chi connectivity index (χ0) is 17.8. The van der Waals surface area contributed by atoms with Crippen LogP contribution in [0.15, 0.2) is 54.6 Å². The van der Waals surface area contributed by atoms with Crippen LogP contribution in [0.4, 0.5) is 5.69 Å². The van der Waals surface area contributed by atoms with Gasteiger partial charge in [0.2, 0.25) is 0 Å². The van der Waals surface area contributed by atoms with Gasteiger partial charge in [-0.2, -0.15) is 0 Å². The van der Waals surface area contributed by atoms with Gasteiger partial charge in [0, 0.05) is 10.4 Å². The molecule has 128 valence electrons. The van der Waals surface area contributed by atoms with Gasteiger partial charge >= 0.3 is 5.97 Å². The largest absolute Gasteiger partial charge is 0.497 e. The van der Waals surface area contributed by atoms with E-state index in [1.54, 1.807) is 44.4 Å². The van der Waals surface area contributed by atoms with Crippen molar-refractivity contribution in [3.63, 3.8) is 0 Å². The second-order valence-corrected chi connectivity index (χ2v) is 6.50. The molecule has 1 N–H and O–H groups in total. The van der Waals surface area contributed by atoms with Crippen molar-refractivity contribution in [1.29, 1.82) is 0 Å². The number of thiophene rings is 1. The molecule has 0 aliphatic rings. The molecule has 0 saturated heterocycles. The highest BCUT2D eigenvalue weighted by atomic mass is 32.1. The minimum atomic E-state index is -0.903. The summed E-state index contributed by atoms with van der Waals surface area (Å²) in [7, 11) is 1.57. The van der Waals surface area contributed by atoms with E-state index in [9.17, 15) is 9.59 Å². The van der Waals surface area contributed by atoms with Crippen LogP contribution in [0.3, 0.4) is 0 Å². The molecule has 5 nitrogen and oxygen atoms in total. The fourth-order valence-corrected chi connectivity index (χ4v) is 3.22. The minimum absolute atomic E-state index is 0.389. The van der Waals surface area contributed by atoms with Gasteiger partial charge in [0.15, 0.2) is 6.10 Å². The van der Waals surface area contributed by atoms with Gasteiger partial charge in [-0.15, -0.1) is 11.3 Å². The Balaban J connectivity index is 1.62. The Morgan fingerprint density at radius 3 is 2.48 bits per heavy atom. The topological polar surface area (TPSA) is 64.6 Å². The van der Waals surface area contributed by atoms with E-state index in [0.29, 0.717) is 16.3 Å². The van der Waals surface area contributed by atoms with Crippen molar-refractivity contribution in [2.45, 2.75) is 13.0 Å². The summed E-state index contributed by atoms with van der Waals surface area (Å²) >= 11 is 1.35. The Hall–Kier alpha value is -2.86. The Morgan fingerprint density at radius 2 is 1.80 bits per heavy atom. The summed E-state index contributed by atoms with van der Waals surface area (Å²) < 4.78 is 11.4. The van der Waals surface area contributed by atoms with Gasteiger partial charge in [-0.1, -0.05) is 18.2 Å². The number of fused-ring (bicyclic) bond motifs is 1. The number of anilines is 1. The number of nitrogens with one attached hydrogen (secondary N) is 1. The van der Waals surface area contributed by atoms with E-state index in [1.165, 1.54) is 11.3 Å². The highest BCUT2D eigenvalue weighted by molar-refractivity contribution is 7.20. The van der Waals surface area contributed by atoms with Crippen LogP contribution < -0.4 is 10.1 Å². The molecule has 1 heterocycles. The maximum Gasteiger partial charge on any atom is 0.349 e. The van der Waals surface area contributed by atoms with E-state index in [0.717, 1.165) is 10.1 Å². The first kappa shape index (κ1) is 17.0. The van der Waals surface area contributed by atoms with Crippen LogP contribution in [0.1, 0.15) is 16.6 Å². The molecule has 1 aromatic heterocycles. The van der Waals surface area contributed by atoms with Gasteiger partial charge in [-0.25, -0.2) is 4.79 Å². The van der Waals surface area contributed by atoms with Crippen LogP contribution in [-0.2, 0) is 9.53 Å². The summed E-state index contributed by atoms with van der Waals surface area (Å²) in [6.07, 6.45) is -0.903. The second-order valence-electron chi connectivity index (χ2n) is 5.41. The van der Waals surface area contributed by atoms with Crippen LogP contribution in [0.25, 0.3) is 10.1 Å². The molecule has 0 fully saturated rings. The predicted molar refractivity (Wildman–Crippen MR) is 98.3 cm³/mol.